The van der Waals surface area contributed by atoms with E-state index in [1.165, 1.54) is 0 Å². The number of aromatic nitrogens is 1. The van der Waals surface area contributed by atoms with Crippen LogP contribution in [-0.2, 0) is 6.54 Å². The fraction of sp³-hybridized carbons (Fsp3) is 0.333. The third kappa shape index (κ3) is 4.93. The molecule has 0 amide bonds. The van der Waals surface area contributed by atoms with Crippen molar-refractivity contribution >= 4 is 11.5 Å². The van der Waals surface area contributed by atoms with E-state index in [2.05, 4.69) is 0 Å². The molecule has 0 radical (unpaired) electrons. The van der Waals surface area contributed by atoms with Crippen molar-refractivity contribution in [2.24, 2.45) is 0 Å². The summed E-state index contributed by atoms with van der Waals surface area (Å²) in [5.74, 6) is -0.113. The van der Waals surface area contributed by atoms with Gasteiger partial charge in [0.2, 0.25) is 12.3 Å². The predicted molar refractivity (Wildman–Crippen MR) is 91.4 cm³/mol. The van der Waals surface area contributed by atoms with Crippen molar-refractivity contribution in [3.63, 3.8) is 0 Å². The lowest BCUT2D eigenvalue weighted by Gasteiger charge is -2.10. The highest BCUT2D eigenvalue weighted by molar-refractivity contribution is 5.99. The van der Waals surface area contributed by atoms with Gasteiger partial charge in [0.15, 0.2) is 12.4 Å². The molecule has 2 rings (SSSR count). The molecule has 1 aromatic heterocycles. The second-order valence-corrected chi connectivity index (χ2v) is 6.10. The number of carbonyl (C=O) groups is 1. The first-order valence-corrected chi connectivity index (χ1v) is 7.46. The summed E-state index contributed by atoms with van der Waals surface area (Å²) in [7, 11) is 0. The normalized spacial score (nSPS) is 9.80. The second kappa shape index (κ2) is 8.82. The molecule has 1 heterocycles. The van der Waals surface area contributed by atoms with Gasteiger partial charge in [-0.25, -0.2) is 0 Å². The molecule has 0 bridgehead atoms. The topological polar surface area (TPSA) is 95.6 Å². The van der Waals surface area contributed by atoms with Gasteiger partial charge in [0.1, 0.15) is 0 Å². The Bertz CT molecular complexity index is 799. The molecule has 0 unspecified atom stereocenters. The first-order valence-electron chi connectivity index (χ1n) is 7.46. The maximum atomic E-state index is 12.7. The lowest BCUT2D eigenvalue weighted by molar-refractivity contribution is -0.683. The van der Waals surface area contributed by atoms with Crippen LogP contribution >= 0.6 is 0 Å². The summed E-state index contributed by atoms with van der Waals surface area (Å²) in [5, 5.41) is 11.3. The number of hydrogen-bond acceptors (Lipinski definition) is 3. The molecule has 0 saturated carbocycles. The summed E-state index contributed by atoms with van der Waals surface area (Å²) in [4.78, 5) is 23.6. The van der Waals surface area contributed by atoms with Gasteiger partial charge in [-0.1, -0.05) is 0 Å². The zero-order valence-electron chi connectivity index (χ0n) is 15.0. The first-order chi connectivity index (χ1) is 10.7. The number of nitro benzene ring substituents is 1. The molecule has 136 valence electrons. The number of rotatable bonds is 4. The van der Waals surface area contributed by atoms with E-state index in [1.54, 1.807) is 19.9 Å². The molecule has 1 aromatic carbocycles. The Labute approximate surface area is 157 Å². The highest BCUT2D eigenvalue weighted by atomic mass is 79.9. The maximum absolute atomic E-state index is 12.7. The standard InChI is InChI=1S/C18H21N2O3.BrH.H2O/c1-11-6-12(2)9-19(8-11)10-16(21)17-13(3)7-14(4)18(15(17)5)20(22)23;;/h6-9H,10H2,1-5H3;1H;1H2/q+1;;/p-1. The van der Waals surface area contributed by atoms with Gasteiger partial charge in [-0.2, -0.15) is 4.57 Å². The minimum atomic E-state index is -0.412. The van der Waals surface area contributed by atoms with Crippen molar-refractivity contribution in [1.29, 1.82) is 0 Å². The van der Waals surface area contributed by atoms with Gasteiger partial charge in [0, 0.05) is 27.8 Å². The fourth-order valence-electron chi connectivity index (χ4n) is 3.22. The van der Waals surface area contributed by atoms with Crippen LogP contribution in [0.4, 0.5) is 5.69 Å². The Morgan fingerprint density at radius 3 is 2.04 bits per heavy atom. The van der Waals surface area contributed by atoms with E-state index in [0.717, 1.165) is 16.7 Å². The Morgan fingerprint density at radius 2 is 1.56 bits per heavy atom. The van der Waals surface area contributed by atoms with Gasteiger partial charge in [-0.05, 0) is 52.3 Å². The summed E-state index contributed by atoms with van der Waals surface area (Å²) >= 11 is 0. The molecule has 0 spiro atoms. The zero-order valence-corrected chi connectivity index (χ0v) is 16.6. The first kappa shape index (κ1) is 22.9. The summed E-state index contributed by atoms with van der Waals surface area (Å²) < 4.78 is 1.83. The van der Waals surface area contributed by atoms with E-state index in [4.69, 9.17) is 0 Å². The molecule has 2 aromatic rings. The Morgan fingerprint density at radius 1 is 1.04 bits per heavy atom. The number of hydrogen-bond donors (Lipinski definition) is 0. The van der Waals surface area contributed by atoms with E-state index >= 15 is 0 Å². The predicted octanol–water partition coefficient (Wildman–Crippen LogP) is -0.513. The average molecular weight is 411 g/mol. The maximum Gasteiger partial charge on any atom is 0.275 e. The van der Waals surface area contributed by atoms with Gasteiger partial charge < -0.3 is 22.5 Å². The lowest BCUT2D eigenvalue weighted by Crippen LogP contribution is -3.00. The van der Waals surface area contributed by atoms with Crippen molar-refractivity contribution in [3.05, 3.63) is 68.0 Å². The smallest absolute Gasteiger partial charge is 0.275 e. The lowest BCUT2D eigenvalue weighted by atomic mass is 9.94. The van der Waals surface area contributed by atoms with Gasteiger partial charge in [0.05, 0.1) is 4.92 Å². The largest absolute Gasteiger partial charge is 1.00 e. The van der Waals surface area contributed by atoms with Crippen molar-refractivity contribution in [2.45, 2.75) is 41.2 Å². The SMILES string of the molecule is Cc1cc(C)c[n+](CC(=O)c2c(C)cc(C)c([N+](=O)[O-])c2C)c1.O.[Br-]. The quantitative estimate of drug-likeness (QED) is 0.293. The molecular weight excluding hydrogens is 388 g/mol. The molecule has 25 heavy (non-hydrogen) atoms. The Kier molecular flexibility index (Phi) is 8.08. The van der Waals surface area contributed by atoms with Crippen LogP contribution in [0, 0.1) is 44.7 Å². The molecular formula is C18H23BrN2O4. The minimum absolute atomic E-state index is 0. The monoisotopic (exact) mass is 410 g/mol. The van der Waals surface area contributed by atoms with Gasteiger partial charge in [0.25, 0.3) is 5.69 Å². The van der Waals surface area contributed by atoms with Crippen molar-refractivity contribution < 1.29 is 36.7 Å². The molecule has 0 atom stereocenters. The van der Waals surface area contributed by atoms with Crippen LogP contribution in [-0.4, -0.2) is 16.2 Å². The third-order valence-corrected chi connectivity index (χ3v) is 3.91. The number of nitro groups is 1. The molecule has 7 heteroatoms. The molecule has 0 aliphatic heterocycles. The fourth-order valence-corrected chi connectivity index (χ4v) is 3.22. The second-order valence-electron chi connectivity index (χ2n) is 6.10. The number of benzene rings is 1. The van der Waals surface area contributed by atoms with Crippen molar-refractivity contribution in [1.82, 2.24) is 0 Å². The summed E-state index contributed by atoms with van der Waals surface area (Å²) in [5.41, 5.74) is 4.43. The van der Waals surface area contributed by atoms with Crippen LogP contribution < -0.4 is 21.5 Å². The molecule has 2 N–H and O–H groups in total. The number of halogens is 1. The molecule has 0 fully saturated rings. The summed E-state index contributed by atoms with van der Waals surface area (Å²) in [6.07, 6.45) is 3.80. The molecule has 6 nitrogen and oxygen atoms in total. The van der Waals surface area contributed by atoms with Crippen LogP contribution in [0.25, 0.3) is 0 Å². The van der Waals surface area contributed by atoms with Gasteiger partial charge >= 0.3 is 0 Å². The molecule has 0 aliphatic carbocycles. The molecule has 0 aliphatic rings. The Hall–Kier alpha value is -2.12. The minimum Gasteiger partial charge on any atom is -1.00 e. The van der Waals surface area contributed by atoms with Crippen LogP contribution in [0.3, 0.4) is 0 Å². The Balaban J connectivity index is 0.00000288. The highest BCUT2D eigenvalue weighted by Crippen LogP contribution is 2.29. The van der Waals surface area contributed by atoms with E-state index in [-0.39, 0.29) is 40.5 Å². The summed E-state index contributed by atoms with van der Waals surface area (Å²) in [6, 6.07) is 3.75. The highest BCUT2D eigenvalue weighted by Gasteiger charge is 2.25. The van der Waals surface area contributed by atoms with Crippen LogP contribution in [0.15, 0.2) is 24.5 Å². The van der Waals surface area contributed by atoms with Crippen molar-refractivity contribution in [3.8, 4) is 0 Å². The van der Waals surface area contributed by atoms with Gasteiger partial charge in [-0.15, -0.1) is 0 Å². The van der Waals surface area contributed by atoms with Crippen LogP contribution in [0.1, 0.15) is 38.2 Å². The van der Waals surface area contributed by atoms with Gasteiger partial charge in [-0.3, -0.25) is 14.9 Å². The van der Waals surface area contributed by atoms with Crippen LogP contribution in [0.2, 0.25) is 0 Å². The molecule has 0 saturated heterocycles. The number of aryl methyl sites for hydroxylation is 4. The number of Topliss-reactive ketones (excluding diaryl/α,β-unsaturated/α-hetero) is 1. The van der Waals surface area contributed by atoms with E-state index in [1.807, 2.05) is 43.8 Å². The number of ketones is 1. The van der Waals surface area contributed by atoms with E-state index in [0.29, 0.717) is 16.7 Å². The van der Waals surface area contributed by atoms with Crippen molar-refractivity contribution in [2.75, 3.05) is 0 Å². The zero-order chi connectivity index (χ0) is 17.3. The number of pyridine rings is 1. The average Bonchev–Trinajstić information content (AvgIpc) is 2.35. The van der Waals surface area contributed by atoms with E-state index in [9.17, 15) is 14.9 Å². The number of carbonyl (C=O) groups excluding carboxylic acids is 1. The summed E-state index contributed by atoms with van der Waals surface area (Å²) in [6.45, 7) is 9.29. The van der Waals surface area contributed by atoms with Crippen LogP contribution in [0.5, 0.6) is 0 Å². The number of nitrogens with zero attached hydrogens (tertiary/aromatic N) is 2. The third-order valence-electron chi connectivity index (χ3n) is 3.91. The van der Waals surface area contributed by atoms with E-state index < -0.39 is 4.92 Å².